The van der Waals surface area contributed by atoms with Gasteiger partial charge < -0.3 is 0 Å². The first-order valence-electron chi connectivity index (χ1n) is 6.36. The third kappa shape index (κ3) is 4.15. The van der Waals surface area contributed by atoms with Crippen LogP contribution in [0.5, 0.6) is 0 Å². The van der Waals surface area contributed by atoms with Gasteiger partial charge in [0, 0.05) is 0 Å². The smallest absolute Gasteiger partial charge is 0.0409 e. The molecule has 0 aromatic carbocycles. The number of rotatable bonds is 7. The highest BCUT2D eigenvalue weighted by molar-refractivity contribution is 4.78. The Balaban J connectivity index is 1.80. The van der Waals surface area contributed by atoms with E-state index < -0.39 is 0 Å². The normalized spacial score (nSPS) is 27.2. The summed E-state index contributed by atoms with van der Waals surface area (Å²) in [6, 6.07) is 0. The van der Waals surface area contributed by atoms with Gasteiger partial charge in [-0.1, -0.05) is 58.8 Å². The predicted octanol–water partition coefficient (Wildman–Crippen LogP) is 4.78. The van der Waals surface area contributed by atoms with Crippen LogP contribution in [0, 0.1) is 11.8 Å². The van der Waals surface area contributed by atoms with Crippen LogP contribution in [0.2, 0.25) is 0 Å². The van der Waals surface area contributed by atoms with Crippen LogP contribution >= 0.6 is 0 Å². The molecule has 0 heteroatoms. The lowest BCUT2D eigenvalue weighted by Gasteiger charge is -2.34. The van der Waals surface area contributed by atoms with Gasteiger partial charge in [0.2, 0.25) is 0 Å². The fourth-order valence-corrected chi connectivity index (χ4v) is 2.48. The molecule has 1 aliphatic rings. The van der Waals surface area contributed by atoms with Crippen LogP contribution in [0.3, 0.4) is 0 Å². The molecule has 0 heterocycles. The van der Waals surface area contributed by atoms with Gasteiger partial charge in [0.05, 0.1) is 0 Å². The van der Waals surface area contributed by atoms with Gasteiger partial charge in [-0.25, -0.2) is 0 Å². The molecule has 1 fully saturated rings. The fourth-order valence-electron chi connectivity index (χ4n) is 2.48. The quantitative estimate of drug-likeness (QED) is 0.497. The molecule has 0 aromatic heterocycles. The largest absolute Gasteiger partial charge is 0.0654 e. The van der Waals surface area contributed by atoms with Gasteiger partial charge in [0.25, 0.3) is 0 Å². The Morgan fingerprint density at radius 3 is 2.15 bits per heavy atom. The zero-order valence-electron chi connectivity index (χ0n) is 9.52. The molecular weight excluding hydrogens is 156 g/mol. The van der Waals surface area contributed by atoms with Crippen molar-refractivity contribution < 1.29 is 0 Å². The summed E-state index contributed by atoms with van der Waals surface area (Å²) in [4.78, 5) is 0. The van der Waals surface area contributed by atoms with Gasteiger partial charge in [0.1, 0.15) is 0 Å². The lowest BCUT2D eigenvalue weighted by molar-refractivity contribution is 0.173. The second kappa shape index (κ2) is 6.45. The Morgan fingerprint density at radius 2 is 1.54 bits per heavy atom. The van der Waals surface area contributed by atoms with E-state index in [0.29, 0.717) is 0 Å². The maximum Gasteiger partial charge on any atom is -0.0409 e. The van der Waals surface area contributed by atoms with Crippen molar-refractivity contribution in [3.63, 3.8) is 0 Å². The van der Waals surface area contributed by atoms with Gasteiger partial charge in [-0.15, -0.1) is 0 Å². The molecule has 0 radical (unpaired) electrons. The molecule has 0 N–H and O–H groups in total. The summed E-state index contributed by atoms with van der Waals surface area (Å²) in [5.74, 6) is 2.22. The van der Waals surface area contributed by atoms with Crippen molar-refractivity contribution >= 4 is 0 Å². The molecule has 1 aliphatic carbocycles. The molecule has 0 spiro atoms. The van der Waals surface area contributed by atoms with Gasteiger partial charge in [-0.3, -0.25) is 0 Å². The standard InChI is InChI=1S/C13H26/c1-3-5-6-7-8-9-13-10-12(4-2)11-13/h12-13H,3-11H2,1-2H3. The number of hydrogen-bond donors (Lipinski definition) is 0. The van der Waals surface area contributed by atoms with Crippen LogP contribution in [-0.4, -0.2) is 0 Å². The van der Waals surface area contributed by atoms with Crippen LogP contribution in [0.1, 0.15) is 71.6 Å². The Hall–Kier alpha value is 0. The molecule has 0 aliphatic heterocycles. The van der Waals surface area contributed by atoms with Gasteiger partial charge >= 0.3 is 0 Å². The SMILES string of the molecule is CCCCCCCC1CC(CC)C1. The van der Waals surface area contributed by atoms with E-state index in [9.17, 15) is 0 Å². The van der Waals surface area contributed by atoms with Gasteiger partial charge in [0.15, 0.2) is 0 Å². The predicted molar refractivity (Wildman–Crippen MR) is 59.9 cm³/mol. The van der Waals surface area contributed by atoms with E-state index in [-0.39, 0.29) is 0 Å². The number of hydrogen-bond acceptors (Lipinski definition) is 0. The molecule has 0 saturated heterocycles. The first kappa shape index (κ1) is 11.1. The van der Waals surface area contributed by atoms with Crippen molar-refractivity contribution in [2.75, 3.05) is 0 Å². The highest BCUT2D eigenvalue weighted by Gasteiger charge is 2.26. The van der Waals surface area contributed by atoms with Crippen molar-refractivity contribution in [1.82, 2.24) is 0 Å². The molecule has 0 amide bonds. The molecule has 0 nitrogen and oxygen atoms in total. The molecule has 0 atom stereocenters. The van der Waals surface area contributed by atoms with E-state index in [4.69, 9.17) is 0 Å². The minimum absolute atomic E-state index is 1.10. The summed E-state index contributed by atoms with van der Waals surface area (Å²) in [5.41, 5.74) is 0. The summed E-state index contributed by atoms with van der Waals surface area (Å²) < 4.78 is 0. The first-order chi connectivity index (χ1) is 6.36. The maximum atomic E-state index is 2.34. The summed E-state index contributed by atoms with van der Waals surface area (Å²) in [7, 11) is 0. The molecule has 0 bridgehead atoms. The third-order valence-electron chi connectivity index (χ3n) is 3.63. The minimum atomic E-state index is 1.10. The Labute approximate surface area is 84.1 Å². The Kier molecular flexibility index (Phi) is 5.50. The lowest BCUT2D eigenvalue weighted by Crippen LogP contribution is -2.22. The monoisotopic (exact) mass is 182 g/mol. The maximum absolute atomic E-state index is 2.34. The van der Waals surface area contributed by atoms with Gasteiger partial charge in [-0.05, 0) is 24.7 Å². The highest BCUT2D eigenvalue weighted by Crippen LogP contribution is 2.38. The topological polar surface area (TPSA) is 0 Å². The minimum Gasteiger partial charge on any atom is -0.0654 e. The Morgan fingerprint density at radius 1 is 0.846 bits per heavy atom. The van der Waals surface area contributed by atoms with E-state index >= 15 is 0 Å². The van der Waals surface area contributed by atoms with Crippen LogP contribution < -0.4 is 0 Å². The van der Waals surface area contributed by atoms with Crippen molar-refractivity contribution in [1.29, 1.82) is 0 Å². The zero-order valence-corrected chi connectivity index (χ0v) is 9.52. The van der Waals surface area contributed by atoms with Crippen LogP contribution in [0.15, 0.2) is 0 Å². The second-order valence-electron chi connectivity index (χ2n) is 4.81. The number of unbranched alkanes of at least 4 members (excludes halogenated alkanes) is 4. The summed E-state index contributed by atoms with van der Waals surface area (Å²) >= 11 is 0. The molecule has 13 heavy (non-hydrogen) atoms. The van der Waals surface area contributed by atoms with E-state index in [0.717, 1.165) is 11.8 Å². The van der Waals surface area contributed by atoms with E-state index in [1.165, 1.54) is 44.9 Å². The summed E-state index contributed by atoms with van der Waals surface area (Å²) in [6.45, 7) is 4.62. The average Bonchev–Trinajstić information content (AvgIpc) is 2.08. The summed E-state index contributed by atoms with van der Waals surface area (Å²) in [5, 5.41) is 0. The first-order valence-corrected chi connectivity index (χ1v) is 6.36. The van der Waals surface area contributed by atoms with Crippen LogP contribution in [0.25, 0.3) is 0 Å². The van der Waals surface area contributed by atoms with Crippen molar-refractivity contribution in [2.24, 2.45) is 11.8 Å². The van der Waals surface area contributed by atoms with E-state index in [2.05, 4.69) is 13.8 Å². The molecule has 0 aromatic rings. The molecule has 78 valence electrons. The molecular formula is C13H26. The zero-order chi connectivity index (χ0) is 9.52. The average molecular weight is 182 g/mol. The van der Waals surface area contributed by atoms with E-state index in [1.54, 1.807) is 12.8 Å². The fraction of sp³-hybridized carbons (Fsp3) is 1.00. The Bertz CT molecular complexity index is 111. The lowest BCUT2D eigenvalue weighted by atomic mass is 9.71. The van der Waals surface area contributed by atoms with Crippen molar-refractivity contribution in [3.8, 4) is 0 Å². The molecule has 0 unspecified atom stereocenters. The third-order valence-corrected chi connectivity index (χ3v) is 3.63. The summed E-state index contributed by atoms with van der Waals surface area (Å²) in [6.07, 6.45) is 13.3. The van der Waals surface area contributed by atoms with Gasteiger partial charge in [-0.2, -0.15) is 0 Å². The molecule has 1 rings (SSSR count). The van der Waals surface area contributed by atoms with Crippen molar-refractivity contribution in [2.45, 2.75) is 71.6 Å². The van der Waals surface area contributed by atoms with Crippen molar-refractivity contribution in [3.05, 3.63) is 0 Å². The van der Waals surface area contributed by atoms with Crippen LogP contribution in [-0.2, 0) is 0 Å². The highest BCUT2D eigenvalue weighted by atomic mass is 14.3. The van der Waals surface area contributed by atoms with Crippen LogP contribution in [0.4, 0.5) is 0 Å². The molecule has 1 saturated carbocycles. The van der Waals surface area contributed by atoms with E-state index in [1.807, 2.05) is 0 Å². The second-order valence-corrected chi connectivity index (χ2v) is 4.81.